The Morgan fingerprint density at radius 3 is 2.59 bits per heavy atom. The van der Waals surface area contributed by atoms with Crippen LogP contribution in [0.25, 0.3) is 6.08 Å². The number of aryl methyl sites for hydroxylation is 1. The third-order valence-electron chi connectivity index (χ3n) is 4.16. The predicted octanol–water partition coefficient (Wildman–Crippen LogP) is 2.53. The van der Waals surface area contributed by atoms with Gasteiger partial charge in [0.25, 0.3) is 5.91 Å². The van der Waals surface area contributed by atoms with Crippen LogP contribution in [0, 0.1) is 6.92 Å². The molecule has 0 atom stereocenters. The van der Waals surface area contributed by atoms with Gasteiger partial charge < -0.3 is 19.4 Å². The highest BCUT2D eigenvalue weighted by Crippen LogP contribution is 2.34. The maximum Gasteiger partial charge on any atom is 0.266 e. The van der Waals surface area contributed by atoms with Crippen LogP contribution in [0.3, 0.4) is 0 Å². The summed E-state index contributed by atoms with van der Waals surface area (Å²) in [5.41, 5.74) is 2.93. The predicted molar refractivity (Wildman–Crippen MR) is 113 cm³/mol. The molecule has 1 saturated heterocycles. The van der Waals surface area contributed by atoms with Gasteiger partial charge in [0.1, 0.15) is 10.9 Å². The number of carboxylic acids is 1. The van der Waals surface area contributed by atoms with Gasteiger partial charge in [0.15, 0.2) is 11.5 Å². The van der Waals surface area contributed by atoms with E-state index in [4.69, 9.17) is 21.7 Å². The van der Waals surface area contributed by atoms with E-state index in [1.165, 1.54) is 12.7 Å². The van der Waals surface area contributed by atoms with Crippen molar-refractivity contribution in [3.63, 3.8) is 0 Å². The standard InChI is InChI=1S/C21H19NO5S2/c1-13-3-5-14(6-4-13)12-27-16-8-7-15(9-17(16)26-2)10-18-20(25)22(11-19(23)24)21(28)29-18/h3-10H,11-12H2,1-2H3,(H,23,24)/p-1. The first kappa shape index (κ1) is 20.9. The van der Waals surface area contributed by atoms with Crippen LogP contribution in [0.5, 0.6) is 11.5 Å². The van der Waals surface area contributed by atoms with Gasteiger partial charge in [0.05, 0.1) is 24.5 Å². The molecular weight excluding hydrogens is 410 g/mol. The topological polar surface area (TPSA) is 78.9 Å². The quantitative estimate of drug-likeness (QED) is 0.495. The Labute approximate surface area is 178 Å². The average molecular weight is 429 g/mol. The Hall–Kier alpha value is -2.84. The summed E-state index contributed by atoms with van der Waals surface area (Å²) in [5.74, 6) is -0.715. The Morgan fingerprint density at radius 2 is 1.93 bits per heavy atom. The molecule has 150 valence electrons. The highest BCUT2D eigenvalue weighted by molar-refractivity contribution is 8.26. The molecule has 1 aliphatic rings. The van der Waals surface area contributed by atoms with Crippen LogP contribution in [-0.4, -0.2) is 34.8 Å². The third-order valence-corrected chi connectivity index (χ3v) is 5.54. The van der Waals surface area contributed by atoms with Gasteiger partial charge in [-0.15, -0.1) is 0 Å². The molecule has 1 aliphatic heterocycles. The number of ether oxygens (including phenoxy) is 2. The lowest BCUT2D eigenvalue weighted by Crippen LogP contribution is -2.40. The number of amides is 1. The molecule has 1 fully saturated rings. The van der Waals surface area contributed by atoms with Crippen LogP contribution in [0.15, 0.2) is 47.4 Å². The fourth-order valence-electron chi connectivity index (χ4n) is 2.66. The molecule has 0 unspecified atom stereocenters. The van der Waals surface area contributed by atoms with Crippen LogP contribution in [0.1, 0.15) is 16.7 Å². The number of hydrogen-bond donors (Lipinski definition) is 0. The van der Waals surface area contributed by atoms with E-state index >= 15 is 0 Å². The van der Waals surface area contributed by atoms with Crippen LogP contribution < -0.4 is 14.6 Å². The molecule has 0 radical (unpaired) electrons. The average Bonchev–Trinajstić information content (AvgIpc) is 2.95. The molecule has 3 rings (SSSR count). The second-order valence-electron chi connectivity index (χ2n) is 6.32. The van der Waals surface area contributed by atoms with Crippen molar-refractivity contribution in [3.05, 3.63) is 64.1 Å². The molecule has 1 heterocycles. The molecule has 0 saturated carbocycles. The minimum Gasteiger partial charge on any atom is -0.548 e. The number of aliphatic carboxylic acids is 1. The normalized spacial score (nSPS) is 15.1. The minimum absolute atomic E-state index is 0.190. The Kier molecular flexibility index (Phi) is 6.56. The van der Waals surface area contributed by atoms with Crippen molar-refractivity contribution in [1.82, 2.24) is 4.90 Å². The molecule has 8 heteroatoms. The lowest BCUT2D eigenvalue weighted by atomic mass is 10.1. The number of nitrogens with zero attached hydrogens (tertiary/aromatic N) is 1. The van der Waals surface area contributed by atoms with E-state index in [0.717, 1.165) is 22.2 Å². The zero-order chi connectivity index (χ0) is 21.0. The van der Waals surface area contributed by atoms with Gasteiger partial charge in [-0.1, -0.05) is 59.9 Å². The van der Waals surface area contributed by atoms with E-state index in [9.17, 15) is 14.7 Å². The molecule has 1 amide bonds. The summed E-state index contributed by atoms with van der Waals surface area (Å²) < 4.78 is 11.5. The van der Waals surface area contributed by atoms with Crippen LogP contribution in [-0.2, 0) is 16.2 Å². The highest BCUT2D eigenvalue weighted by atomic mass is 32.2. The summed E-state index contributed by atoms with van der Waals surface area (Å²) in [7, 11) is 1.54. The SMILES string of the molecule is COc1cc(C=C2SC(=S)N(CC(=O)[O-])C2=O)ccc1OCc1ccc(C)cc1. The van der Waals surface area contributed by atoms with Gasteiger partial charge in [-0.05, 0) is 36.3 Å². The molecule has 2 aromatic rings. The fourth-order valence-corrected chi connectivity index (χ4v) is 3.91. The number of hydrogen-bond acceptors (Lipinski definition) is 7. The number of carbonyl (C=O) groups is 2. The molecule has 0 bridgehead atoms. The minimum atomic E-state index is -1.36. The summed E-state index contributed by atoms with van der Waals surface area (Å²) in [6.45, 7) is 1.87. The Balaban J connectivity index is 1.75. The van der Waals surface area contributed by atoms with Gasteiger partial charge in [-0.25, -0.2) is 0 Å². The summed E-state index contributed by atoms with van der Waals surface area (Å²) in [6.07, 6.45) is 1.64. The number of carbonyl (C=O) groups excluding carboxylic acids is 2. The summed E-state index contributed by atoms with van der Waals surface area (Å²) in [5, 5.41) is 10.8. The number of thioether (sulfide) groups is 1. The second-order valence-corrected chi connectivity index (χ2v) is 8.00. The van der Waals surface area contributed by atoms with E-state index in [-0.39, 0.29) is 4.32 Å². The smallest absolute Gasteiger partial charge is 0.266 e. The van der Waals surface area contributed by atoms with Crippen molar-refractivity contribution >= 4 is 46.3 Å². The first-order chi connectivity index (χ1) is 13.9. The largest absolute Gasteiger partial charge is 0.548 e. The summed E-state index contributed by atoms with van der Waals surface area (Å²) in [6, 6.07) is 13.4. The molecule has 0 spiro atoms. The van der Waals surface area contributed by atoms with Gasteiger partial charge in [-0.2, -0.15) is 0 Å². The maximum atomic E-state index is 12.4. The van der Waals surface area contributed by atoms with Crippen LogP contribution in [0.2, 0.25) is 0 Å². The van der Waals surface area contributed by atoms with Crippen LogP contribution >= 0.6 is 24.0 Å². The zero-order valence-electron chi connectivity index (χ0n) is 15.8. The van der Waals surface area contributed by atoms with Gasteiger partial charge in [0.2, 0.25) is 0 Å². The van der Waals surface area contributed by atoms with Crippen molar-refractivity contribution in [1.29, 1.82) is 0 Å². The van der Waals surface area contributed by atoms with E-state index in [1.54, 1.807) is 24.3 Å². The summed E-state index contributed by atoms with van der Waals surface area (Å²) in [4.78, 5) is 24.5. The molecule has 29 heavy (non-hydrogen) atoms. The Morgan fingerprint density at radius 1 is 1.21 bits per heavy atom. The first-order valence-corrected chi connectivity index (χ1v) is 9.91. The Bertz CT molecular complexity index is 985. The number of carboxylic acid groups (broad SMARTS) is 1. The second kappa shape index (κ2) is 9.11. The van der Waals surface area contributed by atoms with Crippen molar-refractivity contribution < 1.29 is 24.2 Å². The molecule has 0 aliphatic carbocycles. The fraction of sp³-hybridized carbons (Fsp3) is 0.190. The highest BCUT2D eigenvalue weighted by Gasteiger charge is 2.31. The number of methoxy groups -OCH3 is 1. The number of rotatable bonds is 7. The van der Waals surface area contributed by atoms with Gasteiger partial charge in [-0.3, -0.25) is 9.69 Å². The van der Waals surface area contributed by atoms with E-state index in [0.29, 0.717) is 28.6 Å². The first-order valence-electron chi connectivity index (χ1n) is 8.69. The van der Waals surface area contributed by atoms with Crippen LogP contribution in [0.4, 0.5) is 0 Å². The third kappa shape index (κ3) is 5.16. The maximum absolute atomic E-state index is 12.4. The molecule has 0 N–H and O–H groups in total. The van der Waals surface area contributed by atoms with E-state index in [2.05, 4.69) is 0 Å². The molecule has 6 nitrogen and oxygen atoms in total. The van der Waals surface area contributed by atoms with Gasteiger partial charge in [0, 0.05) is 0 Å². The lowest BCUT2D eigenvalue weighted by molar-refractivity contribution is -0.305. The van der Waals surface area contributed by atoms with Crippen molar-refractivity contribution in [2.24, 2.45) is 0 Å². The molecule has 2 aromatic carbocycles. The molecular formula is C21H18NO5S2-. The molecule has 0 aromatic heterocycles. The van der Waals surface area contributed by atoms with Crippen molar-refractivity contribution in [2.75, 3.05) is 13.7 Å². The van der Waals surface area contributed by atoms with Crippen molar-refractivity contribution in [3.8, 4) is 11.5 Å². The monoisotopic (exact) mass is 428 g/mol. The lowest BCUT2D eigenvalue weighted by Gasteiger charge is -2.14. The summed E-state index contributed by atoms with van der Waals surface area (Å²) >= 11 is 6.13. The van der Waals surface area contributed by atoms with Crippen molar-refractivity contribution in [2.45, 2.75) is 13.5 Å². The zero-order valence-corrected chi connectivity index (χ0v) is 17.5. The number of thiocarbonyl (C=S) groups is 1. The van der Waals surface area contributed by atoms with Gasteiger partial charge >= 0.3 is 0 Å². The van der Waals surface area contributed by atoms with E-state index < -0.39 is 18.4 Å². The number of benzene rings is 2. The van der Waals surface area contributed by atoms with E-state index in [1.807, 2.05) is 31.2 Å².